The van der Waals surface area contributed by atoms with Gasteiger partial charge in [-0.25, -0.2) is 0 Å². The average molecular weight is 942 g/mol. The van der Waals surface area contributed by atoms with Crippen molar-refractivity contribution in [3.63, 3.8) is 0 Å². The van der Waals surface area contributed by atoms with E-state index in [4.69, 9.17) is 14.2 Å². The lowest BCUT2D eigenvalue weighted by Gasteiger charge is -2.18. The lowest BCUT2D eigenvalue weighted by Crippen LogP contribution is -2.30. The van der Waals surface area contributed by atoms with Crippen LogP contribution in [0.15, 0.2) is 36.5 Å². The van der Waals surface area contributed by atoms with Crippen LogP contribution in [0, 0.1) is 0 Å². The maximum absolute atomic E-state index is 12.8. The van der Waals surface area contributed by atoms with Crippen LogP contribution in [0.2, 0.25) is 0 Å². The molecule has 6 heteroatoms. The zero-order valence-corrected chi connectivity index (χ0v) is 44.9. The highest BCUT2D eigenvalue weighted by Crippen LogP contribution is 2.16. The Morgan fingerprint density at radius 3 is 0.836 bits per heavy atom. The summed E-state index contributed by atoms with van der Waals surface area (Å²) in [6.07, 6.45) is 67.2. The Morgan fingerprint density at radius 2 is 0.537 bits per heavy atom. The summed E-state index contributed by atoms with van der Waals surface area (Å²) in [5, 5.41) is 0. The zero-order valence-electron chi connectivity index (χ0n) is 44.9. The number of esters is 3. The molecule has 0 aromatic heterocycles. The Kier molecular flexibility index (Phi) is 54.2. The predicted octanol–water partition coefficient (Wildman–Crippen LogP) is 19.7. The molecule has 392 valence electrons. The Morgan fingerprint density at radius 1 is 0.299 bits per heavy atom. The number of rotatable bonds is 54. The molecular formula is C61H112O6. The number of carbonyl (C=O) groups is 3. The van der Waals surface area contributed by atoms with E-state index in [1.165, 1.54) is 205 Å². The number of allylic oxidation sites excluding steroid dienone is 6. The van der Waals surface area contributed by atoms with E-state index in [-0.39, 0.29) is 31.1 Å². The molecule has 0 rings (SSSR count). The van der Waals surface area contributed by atoms with Crippen molar-refractivity contribution in [2.75, 3.05) is 13.2 Å². The van der Waals surface area contributed by atoms with Crippen molar-refractivity contribution in [3.8, 4) is 0 Å². The normalized spacial score (nSPS) is 12.2. The summed E-state index contributed by atoms with van der Waals surface area (Å²) in [4.78, 5) is 38.0. The molecule has 0 saturated carbocycles. The van der Waals surface area contributed by atoms with Gasteiger partial charge in [0.2, 0.25) is 0 Å². The molecule has 0 amide bonds. The Hall–Kier alpha value is -2.37. The van der Waals surface area contributed by atoms with E-state index in [0.717, 1.165) is 70.6 Å². The Bertz CT molecular complexity index is 1130. The van der Waals surface area contributed by atoms with Crippen LogP contribution in [0.3, 0.4) is 0 Å². The first kappa shape index (κ1) is 64.6. The number of carbonyl (C=O) groups excluding carboxylic acids is 3. The molecule has 1 atom stereocenters. The van der Waals surface area contributed by atoms with Crippen LogP contribution in [-0.4, -0.2) is 37.2 Å². The maximum Gasteiger partial charge on any atom is 0.306 e. The molecule has 0 N–H and O–H groups in total. The largest absolute Gasteiger partial charge is 0.462 e. The lowest BCUT2D eigenvalue weighted by molar-refractivity contribution is -0.167. The second kappa shape index (κ2) is 56.2. The van der Waals surface area contributed by atoms with Gasteiger partial charge < -0.3 is 14.2 Å². The van der Waals surface area contributed by atoms with E-state index < -0.39 is 6.10 Å². The van der Waals surface area contributed by atoms with Crippen molar-refractivity contribution < 1.29 is 28.6 Å². The number of ether oxygens (including phenoxy) is 3. The fraction of sp³-hybridized carbons (Fsp3) is 0.852. The van der Waals surface area contributed by atoms with Gasteiger partial charge in [0, 0.05) is 19.3 Å². The van der Waals surface area contributed by atoms with Crippen molar-refractivity contribution in [1.29, 1.82) is 0 Å². The first-order chi connectivity index (χ1) is 33.0. The van der Waals surface area contributed by atoms with Gasteiger partial charge in [-0.1, -0.05) is 256 Å². The molecule has 67 heavy (non-hydrogen) atoms. The predicted molar refractivity (Wildman–Crippen MR) is 289 cm³/mol. The van der Waals surface area contributed by atoms with Gasteiger partial charge in [0.25, 0.3) is 0 Å². The number of hydrogen-bond acceptors (Lipinski definition) is 6. The maximum atomic E-state index is 12.8. The van der Waals surface area contributed by atoms with Crippen molar-refractivity contribution >= 4 is 17.9 Å². The fourth-order valence-electron chi connectivity index (χ4n) is 8.65. The minimum Gasteiger partial charge on any atom is -0.462 e. The van der Waals surface area contributed by atoms with Gasteiger partial charge in [0.05, 0.1) is 0 Å². The third-order valence-electron chi connectivity index (χ3n) is 13.1. The van der Waals surface area contributed by atoms with Gasteiger partial charge in [-0.05, 0) is 77.0 Å². The van der Waals surface area contributed by atoms with E-state index in [0.29, 0.717) is 19.3 Å². The lowest BCUT2D eigenvalue weighted by atomic mass is 10.0. The van der Waals surface area contributed by atoms with Crippen molar-refractivity contribution in [2.24, 2.45) is 0 Å². The summed E-state index contributed by atoms with van der Waals surface area (Å²) in [6.45, 7) is 6.63. The standard InChI is InChI=1S/C61H112O6/c1-4-7-10-13-16-19-22-24-26-27-28-29-30-31-32-33-34-35-36-38-39-42-45-48-51-54-60(63)66-57-58(56-65-59(62)53-50-47-44-41-21-18-15-12-9-6-3)67-61(64)55-52-49-46-43-40-37-25-23-20-17-14-11-8-5-2/h22-25,27-28,58H,4-21,26,29-57H2,1-3H3/b24-22-,25-23-,28-27-. The molecule has 0 heterocycles. The van der Waals surface area contributed by atoms with E-state index in [2.05, 4.69) is 57.2 Å². The van der Waals surface area contributed by atoms with Crippen molar-refractivity contribution in [1.82, 2.24) is 0 Å². The van der Waals surface area contributed by atoms with Gasteiger partial charge >= 0.3 is 17.9 Å². The molecule has 0 radical (unpaired) electrons. The van der Waals surface area contributed by atoms with Gasteiger partial charge in [0.15, 0.2) is 6.10 Å². The fourth-order valence-corrected chi connectivity index (χ4v) is 8.65. The van der Waals surface area contributed by atoms with Crippen LogP contribution < -0.4 is 0 Å². The van der Waals surface area contributed by atoms with Crippen LogP contribution in [0.1, 0.15) is 316 Å². The molecule has 0 aromatic carbocycles. The highest BCUT2D eigenvalue weighted by Gasteiger charge is 2.19. The third-order valence-corrected chi connectivity index (χ3v) is 13.1. The molecule has 0 saturated heterocycles. The topological polar surface area (TPSA) is 78.9 Å². The second-order valence-corrected chi connectivity index (χ2v) is 19.9. The number of hydrogen-bond donors (Lipinski definition) is 0. The summed E-state index contributed by atoms with van der Waals surface area (Å²) in [7, 11) is 0. The second-order valence-electron chi connectivity index (χ2n) is 19.9. The molecule has 6 nitrogen and oxygen atoms in total. The van der Waals surface area contributed by atoms with Crippen LogP contribution in [0.4, 0.5) is 0 Å². The summed E-state index contributed by atoms with van der Waals surface area (Å²) in [5.41, 5.74) is 0. The molecule has 0 aliphatic heterocycles. The van der Waals surface area contributed by atoms with E-state index >= 15 is 0 Å². The SMILES string of the molecule is CCCCCCC/C=C\C/C=C\CCCCCCCCCCCCCCCC(=O)OCC(COC(=O)CCCCCCCCCCCC)OC(=O)CCCCCCC/C=C\CCCCCCC. The molecular weight excluding hydrogens is 829 g/mol. The van der Waals surface area contributed by atoms with Crippen molar-refractivity contribution in [2.45, 2.75) is 322 Å². The molecule has 0 aliphatic rings. The average Bonchev–Trinajstić information content (AvgIpc) is 3.33. The smallest absolute Gasteiger partial charge is 0.306 e. The van der Waals surface area contributed by atoms with Gasteiger partial charge in [-0.15, -0.1) is 0 Å². The first-order valence-corrected chi connectivity index (χ1v) is 29.5. The quantitative estimate of drug-likeness (QED) is 0.0262. The zero-order chi connectivity index (χ0) is 48.6. The Balaban J connectivity index is 4.19. The molecule has 0 aliphatic carbocycles. The van der Waals surface area contributed by atoms with Crippen LogP contribution >= 0.6 is 0 Å². The minimum absolute atomic E-state index is 0.0719. The molecule has 0 spiro atoms. The highest BCUT2D eigenvalue weighted by atomic mass is 16.6. The molecule has 0 fully saturated rings. The van der Waals surface area contributed by atoms with Crippen LogP contribution in [0.25, 0.3) is 0 Å². The highest BCUT2D eigenvalue weighted by molar-refractivity contribution is 5.71. The van der Waals surface area contributed by atoms with Gasteiger partial charge in [0.1, 0.15) is 13.2 Å². The minimum atomic E-state index is -0.772. The van der Waals surface area contributed by atoms with E-state index in [1.54, 1.807) is 0 Å². The summed E-state index contributed by atoms with van der Waals surface area (Å²) in [5.74, 6) is -0.867. The molecule has 0 aromatic rings. The van der Waals surface area contributed by atoms with Gasteiger partial charge in [-0.2, -0.15) is 0 Å². The molecule has 1 unspecified atom stereocenters. The van der Waals surface area contributed by atoms with Crippen LogP contribution in [0.5, 0.6) is 0 Å². The summed E-state index contributed by atoms with van der Waals surface area (Å²) >= 11 is 0. The monoisotopic (exact) mass is 941 g/mol. The molecule has 0 bridgehead atoms. The number of unbranched alkanes of at least 4 members (excludes halogenated alkanes) is 37. The van der Waals surface area contributed by atoms with E-state index in [9.17, 15) is 14.4 Å². The Labute approximate surface area is 416 Å². The summed E-state index contributed by atoms with van der Waals surface area (Å²) < 4.78 is 16.8. The third kappa shape index (κ3) is 54.4. The van der Waals surface area contributed by atoms with Gasteiger partial charge in [-0.3, -0.25) is 14.4 Å². The summed E-state index contributed by atoms with van der Waals surface area (Å²) in [6, 6.07) is 0. The van der Waals surface area contributed by atoms with Crippen LogP contribution in [-0.2, 0) is 28.6 Å². The van der Waals surface area contributed by atoms with Crippen molar-refractivity contribution in [3.05, 3.63) is 36.5 Å². The first-order valence-electron chi connectivity index (χ1n) is 29.5. The van der Waals surface area contributed by atoms with E-state index in [1.807, 2.05) is 0 Å².